The maximum atomic E-state index is 13.8. The van der Waals surface area contributed by atoms with Crippen LogP contribution in [-0.2, 0) is 0 Å². The van der Waals surface area contributed by atoms with E-state index < -0.39 is 0 Å². The Morgan fingerprint density at radius 2 is 2.10 bits per heavy atom. The largest absolute Gasteiger partial charge is 0.386 e. The average molecular weight is 283 g/mol. The minimum absolute atomic E-state index is 0.304. The van der Waals surface area contributed by atoms with Gasteiger partial charge in [0.15, 0.2) is 0 Å². The summed E-state index contributed by atoms with van der Waals surface area (Å²) in [6.45, 7) is 0. The molecule has 1 aromatic heterocycles. The molecule has 0 spiro atoms. The summed E-state index contributed by atoms with van der Waals surface area (Å²) >= 11 is 1.45. The molecule has 20 heavy (non-hydrogen) atoms. The molecule has 0 saturated carbocycles. The lowest BCUT2D eigenvalue weighted by molar-refractivity contribution is 0.632. The van der Waals surface area contributed by atoms with Gasteiger partial charge in [-0.1, -0.05) is 0 Å². The molecule has 0 unspecified atom stereocenters. The van der Waals surface area contributed by atoms with E-state index in [2.05, 4.69) is 16.4 Å². The van der Waals surface area contributed by atoms with Gasteiger partial charge in [-0.05, 0) is 36.4 Å². The van der Waals surface area contributed by atoms with Crippen LogP contribution < -0.4 is 5.32 Å². The molecule has 3 nitrogen and oxygen atoms in total. The topological polar surface area (TPSA) is 48.7 Å². The Hall–Kier alpha value is -2.45. The highest BCUT2D eigenvalue weighted by Gasteiger charge is 2.09. The van der Waals surface area contributed by atoms with Crippen molar-refractivity contribution in [2.75, 3.05) is 12.4 Å². The van der Waals surface area contributed by atoms with Crippen molar-refractivity contribution in [3.8, 4) is 16.6 Å². The van der Waals surface area contributed by atoms with Gasteiger partial charge in [0, 0.05) is 12.6 Å². The molecule has 0 aliphatic carbocycles. The summed E-state index contributed by atoms with van der Waals surface area (Å²) in [6.07, 6.45) is 0. The number of anilines is 1. The normalized spacial score (nSPS) is 10.4. The van der Waals surface area contributed by atoms with Crippen LogP contribution in [0.1, 0.15) is 5.56 Å². The van der Waals surface area contributed by atoms with Gasteiger partial charge in [-0.3, -0.25) is 0 Å². The Kier molecular flexibility index (Phi) is 3.09. The van der Waals surface area contributed by atoms with Crippen molar-refractivity contribution >= 4 is 27.2 Å². The summed E-state index contributed by atoms with van der Waals surface area (Å²) in [5, 5.41) is 12.4. The maximum Gasteiger partial charge on any atom is 0.146 e. The Bertz CT molecular complexity index is 833. The molecule has 0 radical (unpaired) electrons. The van der Waals surface area contributed by atoms with E-state index in [0.717, 1.165) is 20.8 Å². The third-order valence-corrected chi connectivity index (χ3v) is 4.07. The van der Waals surface area contributed by atoms with Crippen LogP contribution in [0.5, 0.6) is 0 Å². The van der Waals surface area contributed by atoms with Crippen LogP contribution in [0.3, 0.4) is 0 Å². The SMILES string of the molecule is CNc1ccc(-c2nc3ccc(C#N)cc3s2)cc1F. The number of fused-ring (bicyclic) bond motifs is 1. The number of hydrogen-bond acceptors (Lipinski definition) is 4. The molecule has 0 atom stereocenters. The molecule has 0 fully saturated rings. The predicted octanol–water partition coefficient (Wildman–Crippen LogP) is 4.02. The van der Waals surface area contributed by atoms with Gasteiger partial charge in [0.1, 0.15) is 10.8 Å². The van der Waals surface area contributed by atoms with Gasteiger partial charge in [0.2, 0.25) is 0 Å². The Labute approximate surface area is 119 Å². The zero-order chi connectivity index (χ0) is 14.1. The van der Waals surface area contributed by atoms with Crippen LogP contribution in [0.4, 0.5) is 10.1 Å². The molecule has 0 aliphatic heterocycles. The third kappa shape index (κ3) is 2.10. The first-order valence-electron chi connectivity index (χ1n) is 5.99. The Morgan fingerprint density at radius 3 is 2.80 bits per heavy atom. The molecule has 5 heteroatoms. The van der Waals surface area contributed by atoms with Crippen molar-refractivity contribution < 1.29 is 4.39 Å². The first-order valence-corrected chi connectivity index (χ1v) is 6.81. The smallest absolute Gasteiger partial charge is 0.146 e. The van der Waals surface area contributed by atoms with Crippen LogP contribution in [0.2, 0.25) is 0 Å². The molecular weight excluding hydrogens is 273 g/mol. The van der Waals surface area contributed by atoms with Crippen molar-refractivity contribution in [2.24, 2.45) is 0 Å². The van der Waals surface area contributed by atoms with Crippen molar-refractivity contribution in [1.82, 2.24) is 4.98 Å². The number of nitrogens with zero attached hydrogens (tertiary/aromatic N) is 2. The fourth-order valence-electron chi connectivity index (χ4n) is 1.97. The molecule has 0 bridgehead atoms. The van der Waals surface area contributed by atoms with Crippen molar-refractivity contribution in [1.29, 1.82) is 5.26 Å². The first kappa shape index (κ1) is 12.6. The van der Waals surface area contributed by atoms with Crippen LogP contribution in [-0.4, -0.2) is 12.0 Å². The van der Waals surface area contributed by atoms with Crippen LogP contribution in [0.25, 0.3) is 20.8 Å². The van der Waals surface area contributed by atoms with Crippen LogP contribution in [0.15, 0.2) is 36.4 Å². The lowest BCUT2D eigenvalue weighted by Gasteiger charge is -2.03. The molecule has 3 rings (SSSR count). The maximum absolute atomic E-state index is 13.8. The van der Waals surface area contributed by atoms with E-state index in [0.29, 0.717) is 11.3 Å². The zero-order valence-electron chi connectivity index (χ0n) is 10.6. The number of aromatic nitrogens is 1. The van der Waals surface area contributed by atoms with Crippen molar-refractivity contribution in [3.63, 3.8) is 0 Å². The number of rotatable bonds is 2. The standard InChI is InChI=1S/C15H10FN3S/c1-18-12-5-3-10(7-11(12)16)15-19-13-4-2-9(8-17)6-14(13)20-15/h2-7,18H,1H3. The van der Waals surface area contributed by atoms with Crippen LogP contribution in [0, 0.1) is 17.1 Å². The molecule has 1 N–H and O–H groups in total. The van der Waals surface area contributed by atoms with Gasteiger partial charge >= 0.3 is 0 Å². The second kappa shape index (κ2) is 4.91. The number of nitrogens with one attached hydrogen (secondary N) is 1. The fraction of sp³-hybridized carbons (Fsp3) is 0.0667. The number of halogens is 1. The van der Waals surface area contributed by atoms with E-state index in [1.165, 1.54) is 17.4 Å². The van der Waals surface area contributed by atoms with Gasteiger partial charge in [0.05, 0.1) is 27.5 Å². The predicted molar refractivity (Wildman–Crippen MR) is 79.3 cm³/mol. The van der Waals surface area contributed by atoms with Crippen molar-refractivity contribution in [3.05, 3.63) is 47.8 Å². The highest BCUT2D eigenvalue weighted by Crippen LogP contribution is 2.32. The number of benzene rings is 2. The molecular formula is C15H10FN3S. The molecule has 0 amide bonds. The molecule has 0 aliphatic rings. The van der Waals surface area contributed by atoms with Gasteiger partial charge in [-0.25, -0.2) is 9.37 Å². The summed E-state index contributed by atoms with van der Waals surface area (Å²) in [5.74, 6) is -0.304. The second-order valence-electron chi connectivity index (χ2n) is 4.26. The molecule has 1 heterocycles. The van der Waals surface area contributed by atoms with E-state index in [-0.39, 0.29) is 5.82 Å². The van der Waals surface area contributed by atoms with Gasteiger partial charge in [-0.2, -0.15) is 5.26 Å². The number of nitriles is 1. The molecule has 3 aromatic rings. The minimum atomic E-state index is -0.304. The number of thiazole rings is 1. The summed E-state index contributed by atoms with van der Waals surface area (Å²) in [5.41, 5.74) is 2.62. The average Bonchev–Trinajstić information content (AvgIpc) is 2.89. The van der Waals surface area contributed by atoms with E-state index in [4.69, 9.17) is 5.26 Å². The molecule has 2 aromatic carbocycles. The third-order valence-electron chi connectivity index (χ3n) is 3.00. The highest BCUT2D eigenvalue weighted by molar-refractivity contribution is 7.21. The highest BCUT2D eigenvalue weighted by atomic mass is 32.1. The summed E-state index contributed by atoms with van der Waals surface area (Å²) in [6, 6.07) is 12.4. The summed E-state index contributed by atoms with van der Waals surface area (Å²) < 4.78 is 14.7. The van der Waals surface area contributed by atoms with E-state index in [1.54, 1.807) is 25.2 Å². The Balaban J connectivity index is 2.10. The number of hydrogen-bond donors (Lipinski definition) is 1. The fourth-order valence-corrected chi connectivity index (χ4v) is 2.97. The van der Waals surface area contributed by atoms with Gasteiger partial charge in [0.25, 0.3) is 0 Å². The quantitative estimate of drug-likeness (QED) is 0.773. The van der Waals surface area contributed by atoms with E-state index in [9.17, 15) is 4.39 Å². The van der Waals surface area contributed by atoms with Gasteiger partial charge < -0.3 is 5.32 Å². The lowest BCUT2D eigenvalue weighted by atomic mass is 10.2. The van der Waals surface area contributed by atoms with Crippen molar-refractivity contribution in [2.45, 2.75) is 0 Å². The lowest BCUT2D eigenvalue weighted by Crippen LogP contribution is -1.92. The molecule has 98 valence electrons. The second-order valence-corrected chi connectivity index (χ2v) is 5.29. The first-order chi connectivity index (χ1) is 9.71. The Morgan fingerprint density at radius 1 is 1.25 bits per heavy atom. The van der Waals surface area contributed by atoms with E-state index >= 15 is 0 Å². The summed E-state index contributed by atoms with van der Waals surface area (Å²) in [4.78, 5) is 4.48. The molecule has 0 saturated heterocycles. The van der Waals surface area contributed by atoms with Gasteiger partial charge in [-0.15, -0.1) is 11.3 Å². The minimum Gasteiger partial charge on any atom is -0.386 e. The zero-order valence-corrected chi connectivity index (χ0v) is 11.5. The van der Waals surface area contributed by atoms with E-state index in [1.807, 2.05) is 12.1 Å². The monoisotopic (exact) mass is 283 g/mol. The van der Waals surface area contributed by atoms with Crippen LogP contribution >= 0.6 is 11.3 Å². The summed E-state index contributed by atoms with van der Waals surface area (Å²) in [7, 11) is 1.68.